The van der Waals surface area contributed by atoms with E-state index in [1.165, 1.54) is 4.88 Å². The van der Waals surface area contributed by atoms with Crippen LogP contribution < -0.4 is 0 Å². The van der Waals surface area contributed by atoms with Gasteiger partial charge in [-0.05, 0) is 41.8 Å². The molecule has 5 heteroatoms. The first-order valence-corrected chi connectivity index (χ1v) is 6.96. The fraction of sp³-hybridized carbons (Fsp3) is 0.545. The van der Waals surface area contributed by atoms with Crippen molar-refractivity contribution in [3.63, 3.8) is 0 Å². The zero-order valence-corrected chi connectivity index (χ0v) is 11.4. The van der Waals surface area contributed by atoms with Crippen molar-refractivity contribution in [1.82, 2.24) is 4.90 Å². The van der Waals surface area contributed by atoms with Crippen molar-refractivity contribution in [1.29, 1.82) is 0 Å². The quantitative estimate of drug-likeness (QED) is 0.908. The summed E-state index contributed by atoms with van der Waals surface area (Å²) >= 11 is 5.11. The van der Waals surface area contributed by atoms with Gasteiger partial charge in [-0.3, -0.25) is 9.69 Å². The predicted octanol–water partition coefficient (Wildman–Crippen LogP) is 3.12. The Morgan fingerprint density at radius 3 is 2.88 bits per heavy atom. The molecule has 1 aliphatic rings. The van der Waals surface area contributed by atoms with E-state index in [-0.39, 0.29) is 12.6 Å². The highest BCUT2D eigenvalue weighted by molar-refractivity contribution is 9.10. The molecule has 88 valence electrons. The highest BCUT2D eigenvalue weighted by atomic mass is 79.9. The summed E-state index contributed by atoms with van der Waals surface area (Å²) < 4.78 is 1.07. The van der Waals surface area contributed by atoms with Crippen molar-refractivity contribution >= 4 is 33.2 Å². The molecule has 0 saturated heterocycles. The summed E-state index contributed by atoms with van der Waals surface area (Å²) in [6, 6.07) is 2.74. The average Bonchev–Trinajstić information content (AvgIpc) is 2.96. The van der Waals surface area contributed by atoms with E-state index in [2.05, 4.69) is 33.8 Å². The lowest BCUT2D eigenvalue weighted by Crippen LogP contribution is -2.33. The molecule has 0 aliphatic heterocycles. The third-order valence-electron chi connectivity index (χ3n) is 2.83. The number of aliphatic carboxylic acids is 1. The largest absolute Gasteiger partial charge is 0.480 e. The highest BCUT2D eigenvalue weighted by Gasteiger charge is 2.34. The molecular weight excluding hydrogens is 290 g/mol. The number of rotatable bonds is 5. The van der Waals surface area contributed by atoms with Gasteiger partial charge in [0, 0.05) is 26.8 Å². The molecule has 2 rings (SSSR count). The van der Waals surface area contributed by atoms with E-state index in [1.54, 1.807) is 11.3 Å². The lowest BCUT2D eigenvalue weighted by molar-refractivity contribution is -0.139. The van der Waals surface area contributed by atoms with E-state index in [0.29, 0.717) is 6.04 Å². The number of nitrogens with zero attached hydrogens (tertiary/aromatic N) is 1. The van der Waals surface area contributed by atoms with Crippen LogP contribution in [-0.2, 0) is 4.79 Å². The molecule has 1 aromatic rings. The van der Waals surface area contributed by atoms with E-state index in [0.717, 1.165) is 17.3 Å². The van der Waals surface area contributed by atoms with E-state index in [1.807, 2.05) is 5.38 Å². The van der Waals surface area contributed by atoms with Gasteiger partial charge in [0.2, 0.25) is 0 Å². The van der Waals surface area contributed by atoms with Gasteiger partial charge in [0.1, 0.15) is 0 Å². The van der Waals surface area contributed by atoms with Crippen molar-refractivity contribution in [2.75, 3.05) is 6.54 Å². The summed E-state index contributed by atoms with van der Waals surface area (Å²) in [7, 11) is 0. The lowest BCUT2D eigenvalue weighted by Gasteiger charge is -2.26. The minimum Gasteiger partial charge on any atom is -0.480 e. The van der Waals surface area contributed by atoms with Gasteiger partial charge in [0.15, 0.2) is 0 Å². The minimum atomic E-state index is -0.741. The van der Waals surface area contributed by atoms with E-state index in [4.69, 9.17) is 5.11 Å². The van der Waals surface area contributed by atoms with Crippen LogP contribution in [0.3, 0.4) is 0 Å². The Balaban J connectivity index is 2.10. The Morgan fingerprint density at radius 2 is 2.44 bits per heavy atom. The van der Waals surface area contributed by atoms with Crippen LogP contribution in [-0.4, -0.2) is 28.6 Å². The predicted molar refractivity (Wildman–Crippen MR) is 67.8 cm³/mol. The maximum Gasteiger partial charge on any atom is 0.317 e. The second kappa shape index (κ2) is 4.85. The number of halogens is 1. The average molecular weight is 304 g/mol. The van der Waals surface area contributed by atoms with Gasteiger partial charge >= 0.3 is 5.97 Å². The van der Waals surface area contributed by atoms with Crippen molar-refractivity contribution < 1.29 is 9.90 Å². The van der Waals surface area contributed by atoms with Crippen molar-refractivity contribution in [3.05, 3.63) is 20.8 Å². The third-order valence-corrected chi connectivity index (χ3v) is 4.69. The van der Waals surface area contributed by atoms with Crippen LogP contribution in [0.1, 0.15) is 30.7 Å². The summed E-state index contributed by atoms with van der Waals surface area (Å²) in [5.41, 5.74) is 0. The molecule has 0 bridgehead atoms. The maximum absolute atomic E-state index is 10.8. The first kappa shape index (κ1) is 12.1. The topological polar surface area (TPSA) is 40.5 Å². The van der Waals surface area contributed by atoms with Crippen LogP contribution in [0.15, 0.2) is 15.9 Å². The second-order valence-electron chi connectivity index (χ2n) is 4.14. The van der Waals surface area contributed by atoms with E-state index < -0.39 is 5.97 Å². The number of hydrogen-bond acceptors (Lipinski definition) is 3. The maximum atomic E-state index is 10.8. The molecule has 3 nitrogen and oxygen atoms in total. The van der Waals surface area contributed by atoms with E-state index in [9.17, 15) is 4.79 Å². The Morgan fingerprint density at radius 1 is 1.75 bits per heavy atom. The Labute approximate surface area is 107 Å². The molecule has 1 unspecified atom stereocenters. The fourth-order valence-corrected chi connectivity index (χ4v) is 3.38. The van der Waals surface area contributed by atoms with Crippen molar-refractivity contribution in [3.8, 4) is 0 Å². The Kier molecular flexibility index (Phi) is 3.66. The number of thiophene rings is 1. The number of hydrogen-bond donors (Lipinski definition) is 1. The van der Waals surface area contributed by atoms with Gasteiger partial charge in [0.05, 0.1) is 6.54 Å². The van der Waals surface area contributed by atoms with Gasteiger partial charge in [0.25, 0.3) is 0 Å². The van der Waals surface area contributed by atoms with Crippen LogP contribution >= 0.6 is 27.3 Å². The van der Waals surface area contributed by atoms with Gasteiger partial charge in [-0.1, -0.05) is 0 Å². The lowest BCUT2D eigenvalue weighted by atomic mass is 10.2. The molecule has 0 spiro atoms. The molecule has 16 heavy (non-hydrogen) atoms. The Hall–Kier alpha value is -0.390. The second-order valence-corrected chi connectivity index (χ2v) is 6.00. The molecule has 1 N–H and O–H groups in total. The van der Waals surface area contributed by atoms with Gasteiger partial charge in [-0.25, -0.2) is 0 Å². The molecule has 0 radical (unpaired) electrons. The molecule has 0 amide bonds. The number of carboxylic acids is 1. The van der Waals surface area contributed by atoms with Gasteiger partial charge in [-0.2, -0.15) is 0 Å². The van der Waals surface area contributed by atoms with Crippen LogP contribution in [0.4, 0.5) is 0 Å². The normalized spacial score (nSPS) is 17.7. The highest BCUT2D eigenvalue weighted by Crippen LogP contribution is 2.36. The molecule has 1 atom stereocenters. The first-order valence-electron chi connectivity index (χ1n) is 5.29. The van der Waals surface area contributed by atoms with E-state index >= 15 is 0 Å². The van der Waals surface area contributed by atoms with Crippen LogP contribution in [0.5, 0.6) is 0 Å². The molecule has 1 saturated carbocycles. The van der Waals surface area contributed by atoms with Crippen LogP contribution in [0, 0.1) is 0 Å². The molecule has 1 aliphatic carbocycles. The number of carboxylic acid groups (broad SMARTS) is 1. The van der Waals surface area contributed by atoms with Crippen LogP contribution in [0.25, 0.3) is 0 Å². The van der Waals surface area contributed by atoms with Gasteiger partial charge < -0.3 is 5.11 Å². The minimum absolute atomic E-state index is 0.140. The first-order chi connectivity index (χ1) is 7.58. The molecule has 1 aromatic heterocycles. The smallest absolute Gasteiger partial charge is 0.317 e. The fourth-order valence-electron chi connectivity index (χ4n) is 1.86. The summed E-state index contributed by atoms with van der Waals surface area (Å²) in [5, 5.41) is 11.0. The summed E-state index contributed by atoms with van der Waals surface area (Å²) in [6.45, 7) is 2.22. The zero-order valence-electron chi connectivity index (χ0n) is 9.02. The SMILES string of the molecule is CC(c1cc(Br)cs1)N(CC(=O)O)C1CC1. The van der Waals surface area contributed by atoms with Crippen LogP contribution in [0.2, 0.25) is 0 Å². The summed E-state index contributed by atoms with van der Waals surface area (Å²) in [5.74, 6) is -0.741. The molecule has 1 fully saturated rings. The monoisotopic (exact) mass is 303 g/mol. The summed E-state index contributed by atoms with van der Waals surface area (Å²) in [6.07, 6.45) is 2.26. The Bertz CT molecular complexity index is 389. The van der Waals surface area contributed by atoms with Gasteiger partial charge in [-0.15, -0.1) is 11.3 Å². The summed E-state index contributed by atoms with van der Waals surface area (Å²) in [4.78, 5) is 14.1. The third kappa shape index (κ3) is 2.84. The number of carbonyl (C=O) groups is 1. The molecular formula is C11H14BrNO2S. The van der Waals surface area contributed by atoms with Crippen molar-refractivity contribution in [2.24, 2.45) is 0 Å². The standard InChI is InChI=1S/C11H14BrNO2S/c1-7(10-4-8(12)6-16-10)13(5-11(14)15)9-2-3-9/h4,6-7,9H,2-3,5H2,1H3,(H,14,15). The molecule has 0 aromatic carbocycles. The zero-order chi connectivity index (χ0) is 11.7. The molecule has 1 heterocycles. The van der Waals surface area contributed by atoms with Crippen molar-refractivity contribution in [2.45, 2.75) is 31.8 Å².